The van der Waals surface area contributed by atoms with Crippen molar-refractivity contribution < 1.29 is 18.7 Å². The second-order valence-electron chi connectivity index (χ2n) is 3.76. The van der Waals surface area contributed by atoms with E-state index in [0.29, 0.717) is 32.3 Å². The first kappa shape index (κ1) is 9.09. The van der Waals surface area contributed by atoms with Gasteiger partial charge in [0.2, 0.25) is 0 Å². The highest BCUT2D eigenvalue weighted by Crippen LogP contribution is 2.40. The van der Waals surface area contributed by atoms with Crippen molar-refractivity contribution >= 4 is 6.29 Å². The molecule has 0 aromatic heterocycles. The largest absolute Gasteiger partial charge is 0.348 e. The lowest BCUT2D eigenvalue weighted by Crippen LogP contribution is -2.42. The summed E-state index contributed by atoms with van der Waals surface area (Å²) in [5.41, 5.74) is -1.64. The van der Waals surface area contributed by atoms with Gasteiger partial charge in [0.15, 0.2) is 17.7 Å². The highest BCUT2D eigenvalue weighted by molar-refractivity contribution is 5.62. The van der Waals surface area contributed by atoms with E-state index in [2.05, 4.69) is 0 Å². The first-order chi connectivity index (χ1) is 6.18. The first-order valence-corrected chi connectivity index (χ1v) is 4.61. The number of hydrogen-bond acceptors (Lipinski definition) is 3. The van der Waals surface area contributed by atoms with Crippen LogP contribution in [0.25, 0.3) is 0 Å². The Kier molecular flexibility index (Phi) is 2.12. The Morgan fingerprint density at radius 1 is 1.08 bits per heavy atom. The van der Waals surface area contributed by atoms with E-state index < -0.39 is 11.5 Å². The van der Waals surface area contributed by atoms with Crippen molar-refractivity contribution in [2.24, 2.45) is 0 Å². The molecule has 2 aliphatic rings. The third-order valence-electron chi connectivity index (χ3n) is 2.87. The number of halogens is 1. The molecule has 2 rings (SSSR count). The van der Waals surface area contributed by atoms with Crippen LogP contribution in [0.4, 0.5) is 4.39 Å². The average Bonchev–Trinajstić information content (AvgIpc) is 2.61. The summed E-state index contributed by atoms with van der Waals surface area (Å²) in [5, 5.41) is 0. The topological polar surface area (TPSA) is 35.5 Å². The lowest BCUT2D eigenvalue weighted by atomic mass is 9.84. The molecule has 1 aliphatic heterocycles. The molecular weight excluding hydrogens is 175 g/mol. The summed E-state index contributed by atoms with van der Waals surface area (Å²) in [4.78, 5) is 10.4. The number of carbonyl (C=O) groups is 1. The monoisotopic (exact) mass is 188 g/mol. The number of alkyl halides is 1. The Morgan fingerprint density at radius 2 is 1.62 bits per heavy atom. The fourth-order valence-corrected chi connectivity index (χ4v) is 1.95. The predicted octanol–water partition coefficient (Wildman–Crippen LogP) is 1.21. The van der Waals surface area contributed by atoms with Crippen LogP contribution in [0.3, 0.4) is 0 Å². The quantitative estimate of drug-likeness (QED) is 0.580. The fraction of sp³-hybridized carbons (Fsp3) is 0.889. The van der Waals surface area contributed by atoms with Gasteiger partial charge in [0.1, 0.15) is 0 Å². The van der Waals surface area contributed by atoms with Gasteiger partial charge < -0.3 is 9.47 Å². The van der Waals surface area contributed by atoms with Crippen LogP contribution in [0.1, 0.15) is 25.7 Å². The lowest BCUT2D eigenvalue weighted by molar-refractivity contribution is -0.192. The molecule has 3 nitrogen and oxygen atoms in total. The van der Waals surface area contributed by atoms with Crippen LogP contribution in [0.15, 0.2) is 0 Å². The van der Waals surface area contributed by atoms with Gasteiger partial charge in [-0.05, 0) is 12.8 Å². The summed E-state index contributed by atoms with van der Waals surface area (Å²) in [6.45, 7) is 1.17. The molecule has 1 spiro atoms. The third kappa shape index (κ3) is 1.60. The second kappa shape index (κ2) is 3.03. The van der Waals surface area contributed by atoms with Gasteiger partial charge >= 0.3 is 0 Å². The zero-order valence-electron chi connectivity index (χ0n) is 7.42. The van der Waals surface area contributed by atoms with Crippen molar-refractivity contribution in [3.63, 3.8) is 0 Å². The molecule has 2 fully saturated rings. The summed E-state index contributed by atoms with van der Waals surface area (Å²) >= 11 is 0. The van der Waals surface area contributed by atoms with Gasteiger partial charge in [-0.3, -0.25) is 4.79 Å². The normalized spacial score (nSPS) is 30.5. The molecule has 0 radical (unpaired) electrons. The van der Waals surface area contributed by atoms with E-state index in [1.807, 2.05) is 0 Å². The molecule has 1 saturated heterocycles. The maximum Gasteiger partial charge on any atom is 0.168 e. The van der Waals surface area contributed by atoms with Gasteiger partial charge in [-0.25, -0.2) is 4.39 Å². The van der Waals surface area contributed by atoms with Crippen LogP contribution in [0.2, 0.25) is 0 Å². The van der Waals surface area contributed by atoms with Crippen LogP contribution in [-0.4, -0.2) is 31.0 Å². The van der Waals surface area contributed by atoms with Gasteiger partial charge in [-0.1, -0.05) is 0 Å². The van der Waals surface area contributed by atoms with Crippen LogP contribution < -0.4 is 0 Å². The Bertz CT molecular complexity index is 201. The number of aldehydes is 1. The highest BCUT2D eigenvalue weighted by Gasteiger charge is 2.46. The molecule has 1 heterocycles. The molecule has 0 unspecified atom stereocenters. The minimum Gasteiger partial charge on any atom is -0.348 e. The van der Waals surface area contributed by atoms with Crippen molar-refractivity contribution in [1.29, 1.82) is 0 Å². The number of rotatable bonds is 1. The lowest BCUT2D eigenvalue weighted by Gasteiger charge is -2.36. The Hall–Kier alpha value is -0.480. The molecule has 74 valence electrons. The summed E-state index contributed by atoms with van der Waals surface area (Å²) < 4.78 is 24.3. The van der Waals surface area contributed by atoms with Crippen molar-refractivity contribution in [1.82, 2.24) is 0 Å². The molecule has 0 amide bonds. The number of ether oxygens (including phenoxy) is 2. The van der Waals surface area contributed by atoms with Crippen molar-refractivity contribution in [3.05, 3.63) is 0 Å². The van der Waals surface area contributed by atoms with E-state index in [-0.39, 0.29) is 12.8 Å². The van der Waals surface area contributed by atoms with Gasteiger partial charge in [-0.2, -0.15) is 0 Å². The first-order valence-electron chi connectivity index (χ1n) is 4.61. The summed E-state index contributed by atoms with van der Waals surface area (Å²) in [7, 11) is 0. The standard InChI is InChI=1S/C9H13FO3/c10-8(7-11)1-3-9(4-2-8)12-5-6-13-9/h7H,1-6H2. The van der Waals surface area contributed by atoms with Gasteiger partial charge in [0.25, 0.3) is 0 Å². The van der Waals surface area contributed by atoms with Crippen molar-refractivity contribution in [2.75, 3.05) is 13.2 Å². The smallest absolute Gasteiger partial charge is 0.168 e. The highest BCUT2D eigenvalue weighted by atomic mass is 19.1. The molecule has 13 heavy (non-hydrogen) atoms. The molecule has 1 saturated carbocycles. The van der Waals surface area contributed by atoms with Gasteiger partial charge in [-0.15, -0.1) is 0 Å². The fourth-order valence-electron chi connectivity index (χ4n) is 1.95. The zero-order chi connectivity index (χ0) is 9.36. The molecule has 1 aliphatic carbocycles. The molecule has 0 bridgehead atoms. The van der Waals surface area contributed by atoms with Gasteiger partial charge in [0, 0.05) is 12.8 Å². The molecule has 0 atom stereocenters. The molecule has 0 aromatic carbocycles. The number of carbonyl (C=O) groups excluding carboxylic acids is 1. The maximum atomic E-state index is 13.5. The van der Waals surface area contributed by atoms with E-state index in [4.69, 9.17) is 9.47 Å². The summed E-state index contributed by atoms with van der Waals surface area (Å²) in [5.74, 6) is -0.571. The maximum absolute atomic E-state index is 13.5. The van der Waals surface area contributed by atoms with E-state index in [1.165, 1.54) is 0 Å². The minimum absolute atomic E-state index is 0.219. The minimum atomic E-state index is -1.64. The average molecular weight is 188 g/mol. The van der Waals surface area contributed by atoms with Crippen molar-refractivity contribution in [3.8, 4) is 0 Å². The summed E-state index contributed by atoms with van der Waals surface area (Å²) in [6, 6.07) is 0. The van der Waals surface area contributed by atoms with Crippen LogP contribution in [0, 0.1) is 0 Å². The Balaban J connectivity index is 1.99. The third-order valence-corrected chi connectivity index (χ3v) is 2.87. The van der Waals surface area contributed by atoms with E-state index >= 15 is 0 Å². The molecule has 4 heteroatoms. The van der Waals surface area contributed by atoms with Crippen LogP contribution in [-0.2, 0) is 14.3 Å². The van der Waals surface area contributed by atoms with E-state index in [0.717, 1.165) is 0 Å². The molecule has 0 aromatic rings. The SMILES string of the molecule is O=CC1(F)CCC2(CC1)OCCO2. The second-order valence-corrected chi connectivity index (χ2v) is 3.76. The van der Waals surface area contributed by atoms with Gasteiger partial charge in [0.05, 0.1) is 13.2 Å². The Morgan fingerprint density at radius 3 is 2.08 bits per heavy atom. The number of hydrogen-bond donors (Lipinski definition) is 0. The van der Waals surface area contributed by atoms with E-state index in [1.54, 1.807) is 0 Å². The van der Waals surface area contributed by atoms with Crippen LogP contribution in [0.5, 0.6) is 0 Å². The zero-order valence-corrected chi connectivity index (χ0v) is 7.42. The molecule has 0 N–H and O–H groups in total. The van der Waals surface area contributed by atoms with E-state index in [9.17, 15) is 9.18 Å². The van der Waals surface area contributed by atoms with Crippen LogP contribution >= 0.6 is 0 Å². The molecular formula is C9H13FO3. The summed E-state index contributed by atoms with van der Waals surface area (Å²) in [6.07, 6.45) is 1.83. The Labute approximate surface area is 76.2 Å². The predicted molar refractivity (Wildman–Crippen MR) is 43.0 cm³/mol. The van der Waals surface area contributed by atoms with Crippen molar-refractivity contribution in [2.45, 2.75) is 37.1 Å².